The van der Waals surface area contributed by atoms with Crippen LogP contribution in [-0.2, 0) is 0 Å². The molecule has 1 aromatic heterocycles. The van der Waals surface area contributed by atoms with Crippen LogP contribution in [0.1, 0.15) is 33.8 Å². The Balaban J connectivity index is 2.02. The number of hydrogen-bond donors (Lipinski definition) is 1. The summed E-state index contributed by atoms with van der Waals surface area (Å²) in [7, 11) is 1.38. The number of amides is 1. The molecule has 0 spiro atoms. The number of nitrogens with one attached hydrogen (secondary N) is 1. The molecule has 3 rings (SSSR count). The normalized spacial score (nSPS) is 11.6. The fourth-order valence-corrected chi connectivity index (χ4v) is 3.88. The summed E-state index contributed by atoms with van der Waals surface area (Å²) >= 11 is 7.46. The van der Waals surface area contributed by atoms with Gasteiger partial charge in [0.25, 0.3) is 11.6 Å². The maximum Gasteiger partial charge on any atom is 0.286 e. The van der Waals surface area contributed by atoms with Crippen LogP contribution in [0.4, 0.5) is 5.69 Å². The number of nitro groups is 1. The van der Waals surface area contributed by atoms with Crippen molar-refractivity contribution >= 4 is 34.5 Å². The predicted octanol–water partition coefficient (Wildman–Crippen LogP) is 5.24. The second-order valence-corrected chi connectivity index (χ2v) is 7.60. The number of nitro benzene ring substituents is 1. The Morgan fingerprint density at radius 3 is 2.53 bits per heavy atom. The molecule has 3 aromatic rings. The van der Waals surface area contributed by atoms with Gasteiger partial charge in [-0.15, -0.1) is 11.3 Å². The molecule has 0 saturated heterocycles. The Hall–Kier alpha value is -3.10. The van der Waals surface area contributed by atoms with Gasteiger partial charge in [-0.1, -0.05) is 29.8 Å². The molecule has 0 fully saturated rings. The van der Waals surface area contributed by atoms with Crippen molar-refractivity contribution in [2.45, 2.75) is 13.0 Å². The minimum atomic E-state index is -0.615. The maximum absolute atomic E-state index is 13.1. The summed E-state index contributed by atoms with van der Waals surface area (Å²) in [6.07, 6.45) is 0. The molecule has 1 amide bonds. The molecular weight excluding hydrogens is 428 g/mol. The van der Waals surface area contributed by atoms with Crippen molar-refractivity contribution in [3.63, 3.8) is 0 Å². The Labute approximate surface area is 182 Å². The SMILES string of the molecule is CCOc1cc(C(=O)NC(c2ccc(Cl)cc2)c2cccs2)c([N+](=O)[O-])cc1OC. The molecule has 1 N–H and O–H groups in total. The lowest BCUT2D eigenvalue weighted by atomic mass is 10.0. The number of carbonyl (C=O) groups is 1. The lowest BCUT2D eigenvalue weighted by Crippen LogP contribution is -2.29. The molecule has 7 nitrogen and oxygen atoms in total. The Kier molecular flexibility index (Phi) is 6.91. The summed E-state index contributed by atoms with van der Waals surface area (Å²) in [5.41, 5.74) is 0.324. The third-order valence-electron chi connectivity index (χ3n) is 4.33. The van der Waals surface area contributed by atoms with Gasteiger partial charge in [0.1, 0.15) is 5.56 Å². The molecule has 1 unspecified atom stereocenters. The van der Waals surface area contributed by atoms with Gasteiger partial charge in [-0.25, -0.2) is 0 Å². The molecule has 0 aliphatic carbocycles. The fourth-order valence-electron chi connectivity index (χ4n) is 2.95. The predicted molar refractivity (Wildman–Crippen MR) is 116 cm³/mol. The van der Waals surface area contributed by atoms with Gasteiger partial charge in [-0.3, -0.25) is 14.9 Å². The van der Waals surface area contributed by atoms with Crippen LogP contribution in [0.5, 0.6) is 11.5 Å². The minimum Gasteiger partial charge on any atom is -0.493 e. The molecule has 0 aliphatic rings. The van der Waals surface area contributed by atoms with Crippen molar-refractivity contribution in [2.75, 3.05) is 13.7 Å². The van der Waals surface area contributed by atoms with Crippen LogP contribution in [0.3, 0.4) is 0 Å². The van der Waals surface area contributed by atoms with E-state index in [1.807, 2.05) is 17.5 Å². The van der Waals surface area contributed by atoms with Crippen LogP contribution in [0.15, 0.2) is 53.9 Å². The van der Waals surface area contributed by atoms with E-state index >= 15 is 0 Å². The molecule has 9 heteroatoms. The molecule has 0 saturated carbocycles. The van der Waals surface area contributed by atoms with E-state index in [0.717, 1.165) is 10.4 Å². The van der Waals surface area contributed by atoms with Gasteiger partial charge in [0.05, 0.1) is 30.7 Å². The average molecular weight is 447 g/mol. The number of nitrogens with zero attached hydrogens (tertiary/aromatic N) is 1. The quantitative estimate of drug-likeness (QED) is 0.377. The Morgan fingerprint density at radius 2 is 1.97 bits per heavy atom. The standard InChI is InChI=1S/C21H19ClN2O5S/c1-3-29-18-11-15(16(24(26)27)12-17(18)28-2)21(25)23-20(19-5-4-10-30-19)13-6-8-14(22)9-7-13/h4-12,20H,3H2,1-2H3,(H,23,25). The summed E-state index contributed by atoms with van der Waals surface area (Å²) in [6, 6.07) is 12.9. The van der Waals surface area contributed by atoms with Crippen LogP contribution in [-0.4, -0.2) is 24.5 Å². The number of thiophene rings is 1. The minimum absolute atomic E-state index is 0.111. The molecular formula is C21H19ClN2O5S. The average Bonchev–Trinajstić information content (AvgIpc) is 3.27. The second-order valence-electron chi connectivity index (χ2n) is 6.18. The van der Waals surface area contributed by atoms with Gasteiger partial charge in [-0.2, -0.15) is 0 Å². The number of benzene rings is 2. The van der Waals surface area contributed by atoms with E-state index in [9.17, 15) is 14.9 Å². The van der Waals surface area contributed by atoms with Crippen LogP contribution in [0.2, 0.25) is 5.02 Å². The molecule has 30 heavy (non-hydrogen) atoms. The summed E-state index contributed by atoms with van der Waals surface area (Å²) in [4.78, 5) is 25.0. The van der Waals surface area contributed by atoms with Crippen molar-refractivity contribution in [2.24, 2.45) is 0 Å². The summed E-state index contributed by atoms with van der Waals surface area (Å²) in [5.74, 6) is -0.152. The smallest absolute Gasteiger partial charge is 0.286 e. The third kappa shape index (κ3) is 4.72. The van der Waals surface area contributed by atoms with E-state index in [-0.39, 0.29) is 22.7 Å². The number of rotatable bonds is 8. The first kappa shape index (κ1) is 21.6. The zero-order chi connectivity index (χ0) is 21.7. The molecule has 1 atom stereocenters. The highest BCUT2D eigenvalue weighted by molar-refractivity contribution is 7.10. The fraction of sp³-hybridized carbons (Fsp3) is 0.190. The Bertz CT molecular complexity index is 1040. The van der Waals surface area contributed by atoms with E-state index in [2.05, 4.69) is 5.32 Å². The van der Waals surface area contributed by atoms with Gasteiger partial charge < -0.3 is 14.8 Å². The van der Waals surface area contributed by atoms with Gasteiger partial charge in [0.15, 0.2) is 11.5 Å². The van der Waals surface area contributed by atoms with Crippen LogP contribution in [0.25, 0.3) is 0 Å². The van der Waals surface area contributed by atoms with Crippen molar-refractivity contribution in [1.29, 1.82) is 0 Å². The van der Waals surface area contributed by atoms with Crippen molar-refractivity contribution < 1.29 is 19.2 Å². The third-order valence-corrected chi connectivity index (χ3v) is 5.52. The monoisotopic (exact) mass is 446 g/mol. The van der Waals surface area contributed by atoms with Gasteiger partial charge >= 0.3 is 0 Å². The zero-order valence-corrected chi connectivity index (χ0v) is 17.8. The van der Waals surface area contributed by atoms with Gasteiger partial charge in [0.2, 0.25) is 0 Å². The lowest BCUT2D eigenvalue weighted by molar-refractivity contribution is -0.385. The highest BCUT2D eigenvalue weighted by Gasteiger charge is 2.27. The van der Waals surface area contributed by atoms with E-state index in [1.165, 1.54) is 30.6 Å². The van der Waals surface area contributed by atoms with Crippen LogP contribution in [0, 0.1) is 10.1 Å². The van der Waals surface area contributed by atoms with Crippen molar-refractivity contribution in [3.05, 3.63) is 85.1 Å². The Morgan fingerprint density at radius 1 is 1.23 bits per heavy atom. The molecule has 2 aromatic carbocycles. The summed E-state index contributed by atoms with van der Waals surface area (Å²) in [6.45, 7) is 2.09. The highest BCUT2D eigenvalue weighted by Crippen LogP contribution is 2.35. The topological polar surface area (TPSA) is 90.7 Å². The lowest BCUT2D eigenvalue weighted by Gasteiger charge is -2.19. The molecule has 156 valence electrons. The first-order valence-electron chi connectivity index (χ1n) is 9.03. The van der Waals surface area contributed by atoms with Gasteiger partial charge in [0, 0.05) is 16.0 Å². The molecule has 1 heterocycles. The van der Waals surface area contributed by atoms with Crippen molar-refractivity contribution in [1.82, 2.24) is 5.32 Å². The first-order valence-corrected chi connectivity index (χ1v) is 10.3. The number of carbonyl (C=O) groups excluding carboxylic acids is 1. The van der Waals surface area contributed by atoms with E-state index in [1.54, 1.807) is 31.2 Å². The number of ether oxygens (including phenoxy) is 2. The molecule has 0 aliphatic heterocycles. The van der Waals surface area contributed by atoms with Crippen molar-refractivity contribution in [3.8, 4) is 11.5 Å². The number of halogens is 1. The highest BCUT2D eigenvalue weighted by atomic mass is 35.5. The number of methoxy groups -OCH3 is 1. The molecule has 0 radical (unpaired) electrons. The summed E-state index contributed by atoms with van der Waals surface area (Å²) < 4.78 is 10.7. The number of hydrogen-bond acceptors (Lipinski definition) is 6. The largest absolute Gasteiger partial charge is 0.493 e. The summed E-state index contributed by atoms with van der Waals surface area (Å²) in [5, 5.41) is 17.0. The van der Waals surface area contributed by atoms with E-state index < -0.39 is 16.9 Å². The van der Waals surface area contributed by atoms with E-state index in [0.29, 0.717) is 11.6 Å². The van der Waals surface area contributed by atoms with Crippen LogP contribution >= 0.6 is 22.9 Å². The van der Waals surface area contributed by atoms with Crippen LogP contribution < -0.4 is 14.8 Å². The second kappa shape index (κ2) is 9.60. The zero-order valence-electron chi connectivity index (χ0n) is 16.3. The van der Waals surface area contributed by atoms with E-state index in [4.69, 9.17) is 21.1 Å². The maximum atomic E-state index is 13.1. The first-order chi connectivity index (χ1) is 14.4. The van der Waals surface area contributed by atoms with Gasteiger partial charge in [-0.05, 0) is 36.1 Å². The molecule has 0 bridgehead atoms.